The summed E-state index contributed by atoms with van der Waals surface area (Å²) in [4.78, 5) is 22.9. The van der Waals surface area contributed by atoms with Crippen LogP contribution in [0.15, 0.2) is 29.2 Å². The van der Waals surface area contributed by atoms with Crippen LogP contribution < -0.4 is 14.8 Å². The van der Waals surface area contributed by atoms with Gasteiger partial charge in [-0.05, 0) is 25.0 Å². The van der Waals surface area contributed by atoms with E-state index in [2.05, 4.69) is 20.3 Å². The number of rotatable bonds is 6. The van der Waals surface area contributed by atoms with E-state index in [0.29, 0.717) is 0 Å². The number of alkyl halides is 3. The Balaban J connectivity index is 2.17. The molecule has 2 amide bonds. The minimum Gasteiger partial charge on any atom is -0.467 e. The van der Waals surface area contributed by atoms with Gasteiger partial charge < -0.3 is 4.74 Å². The molecular formula is C15H16F3N5O4S. The van der Waals surface area contributed by atoms with Crippen LogP contribution in [-0.2, 0) is 16.4 Å². The Morgan fingerprint density at radius 1 is 1.21 bits per heavy atom. The molecule has 0 atom stereocenters. The second-order valence-electron chi connectivity index (χ2n) is 5.48. The van der Waals surface area contributed by atoms with Crippen molar-refractivity contribution in [2.75, 3.05) is 12.4 Å². The molecule has 2 aromatic rings. The summed E-state index contributed by atoms with van der Waals surface area (Å²) in [5.41, 5.74) is -0.0715. The summed E-state index contributed by atoms with van der Waals surface area (Å²) in [6.45, 7) is 1.50. The van der Waals surface area contributed by atoms with Crippen molar-refractivity contribution in [1.29, 1.82) is 0 Å². The quantitative estimate of drug-likeness (QED) is 0.719. The summed E-state index contributed by atoms with van der Waals surface area (Å²) in [6.07, 6.45) is -6.20. The number of carbonyl (C=O) groups is 1. The third-order valence-corrected chi connectivity index (χ3v) is 4.73. The number of amides is 2. The SMILES string of the molecule is COc1nc(C)nc(NC(=O)NS(=O)(=O)[14c]2[14cH][14cH][14cH][14cH][14c]2CCC(F)(F)F)n1. The van der Waals surface area contributed by atoms with Crippen molar-refractivity contribution in [1.82, 2.24) is 19.7 Å². The highest BCUT2D eigenvalue weighted by Gasteiger charge is 2.28. The maximum atomic E-state index is 12.5. The number of aryl methyl sites for hydroxylation is 2. The summed E-state index contributed by atoms with van der Waals surface area (Å²) in [5.74, 6) is -0.0510. The number of hydrogen-bond acceptors (Lipinski definition) is 7. The lowest BCUT2D eigenvalue weighted by molar-refractivity contribution is -0.134. The first-order valence-corrected chi connectivity index (χ1v) is 9.23. The molecule has 2 N–H and O–H groups in total. The highest BCUT2D eigenvalue weighted by Crippen LogP contribution is 2.25. The Morgan fingerprint density at radius 3 is 2.54 bits per heavy atom. The van der Waals surface area contributed by atoms with Crippen molar-refractivity contribution in [2.45, 2.75) is 30.8 Å². The van der Waals surface area contributed by atoms with E-state index in [9.17, 15) is 26.4 Å². The molecule has 1 aromatic heterocycles. The number of ether oxygens (including phenoxy) is 1. The van der Waals surface area contributed by atoms with Gasteiger partial charge in [-0.2, -0.15) is 28.1 Å². The van der Waals surface area contributed by atoms with E-state index in [0.717, 1.165) is 6.07 Å². The van der Waals surface area contributed by atoms with Gasteiger partial charge in [-0.15, -0.1) is 0 Å². The summed E-state index contributed by atoms with van der Waals surface area (Å²) >= 11 is 0. The number of nitrogens with zero attached hydrogens (tertiary/aromatic N) is 3. The fourth-order valence-corrected chi connectivity index (χ4v) is 3.34. The number of nitrogens with one attached hydrogen (secondary N) is 2. The molecule has 0 unspecified atom stereocenters. The van der Waals surface area contributed by atoms with Crippen molar-refractivity contribution >= 4 is 22.0 Å². The van der Waals surface area contributed by atoms with Gasteiger partial charge in [0.15, 0.2) is 0 Å². The van der Waals surface area contributed by atoms with Gasteiger partial charge in [0.25, 0.3) is 10.0 Å². The first kappa shape index (κ1) is 21.3. The molecule has 1 heterocycles. The van der Waals surface area contributed by atoms with Crippen molar-refractivity contribution in [3.8, 4) is 6.01 Å². The van der Waals surface area contributed by atoms with E-state index in [1.807, 2.05) is 0 Å². The molecule has 0 aliphatic heterocycles. The lowest BCUT2D eigenvalue weighted by atomic mass is 10.4. The van der Waals surface area contributed by atoms with E-state index < -0.39 is 40.0 Å². The molecule has 13 heteroatoms. The van der Waals surface area contributed by atoms with Crippen LogP contribution in [0.1, 0.15) is 17.8 Å². The maximum Gasteiger partial charge on any atom is 0.389 e. The maximum absolute atomic E-state index is 12.5. The third kappa shape index (κ3) is 6.04. The molecule has 0 bridgehead atoms. The minimum absolute atomic E-state index is 0.0715. The zero-order chi connectivity index (χ0) is 20.9. The largest absolute Gasteiger partial charge is 0.467 e. The number of anilines is 1. The Kier molecular flexibility index (Phi) is 6.38. The Bertz CT molecular complexity index is 966. The van der Waals surface area contributed by atoms with Gasteiger partial charge >= 0.3 is 18.2 Å². The van der Waals surface area contributed by atoms with Gasteiger partial charge in [0.05, 0.1) is 12.0 Å². The average Bonchev–Trinajstić information content (AvgIpc) is 2.58. The third-order valence-electron chi connectivity index (χ3n) is 3.30. The number of carbonyl (C=O) groups excluding carboxylic acids is 1. The van der Waals surface area contributed by atoms with Crippen molar-refractivity contribution in [3.63, 3.8) is 0 Å². The lowest BCUT2D eigenvalue weighted by Gasteiger charge is -2.13. The van der Waals surface area contributed by atoms with Gasteiger partial charge in [-0.25, -0.2) is 17.9 Å². The first-order chi connectivity index (χ1) is 13.0. The van der Waals surface area contributed by atoms with E-state index in [1.165, 1.54) is 32.2 Å². The van der Waals surface area contributed by atoms with Crippen molar-refractivity contribution in [2.24, 2.45) is 0 Å². The predicted octanol–water partition coefficient (Wildman–Crippen LogP) is 2.19. The van der Waals surface area contributed by atoms with Crippen LogP contribution in [0.2, 0.25) is 0 Å². The Hall–Kier alpha value is -2.96. The fraction of sp³-hybridized carbons (Fsp3) is 0.333. The highest BCUT2D eigenvalue weighted by atomic mass is 32.2. The fourth-order valence-electron chi connectivity index (χ4n) is 2.16. The van der Waals surface area contributed by atoms with Gasteiger partial charge in [0.1, 0.15) is 5.82 Å². The smallest absolute Gasteiger partial charge is 0.389 e. The van der Waals surface area contributed by atoms with Crippen LogP contribution in [0.25, 0.3) is 0 Å². The second-order valence-corrected chi connectivity index (χ2v) is 7.13. The van der Waals surface area contributed by atoms with Gasteiger partial charge in [0.2, 0.25) is 5.95 Å². The molecule has 0 aliphatic carbocycles. The number of benzene rings is 1. The second kappa shape index (κ2) is 8.37. The van der Waals surface area contributed by atoms with Crippen LogP contribution in [0.5, 0.6) is 6.01 Å². The zero-order valence-corrected chi connectivity index (χ0v) is 15.6. The number of urea groups is 1. The van der Waals surface area contributed by atoms with E-state index in [4.69, 9.17) is 4.74 Å². The minimum atomic E-state index is -4.45. The molecule has 28 heavy (non-hydrogen) atoms. The highest BCUT2D eigenvalue weighted by molar-refractivity contribution is 7.90. The molecule has 0 saturated carbocycles. The molecule has 0 saturated heterocycles. The number of halogens is 3. The topological polar surface area (TPSA) is 123 Å². The molecule has 0 aliphatic rings. The van der Waals surface area contributed by atoms with Crippen molar-refractivity contribution < 1.29 is 31.1 Å². The standard InChI is InChI=1S/C15H16F3N5O4S/c1-9-19-12(22-14(20-9)27-2)21-13(24)23-28(25,26)11-6-4-3-5-10(11)7-8-15(16,17)18/h3-6H,7-8H2,1-2H3,(H2,19,20,21,22,23,24)/i3+2,4+2,5+2,6+2,10+2,11+2. The zero-order valence-electron chi connectivity index (χ0n) is 14.7. The van der Waals surface area contributed by atoms with E-state index in [-0.39, 0.29) is 23.3 Å². The van der Waals surface area contributed by atoms with Gasteiger partial charge in [-0.1, -0.05) is 18.2 Å². The molecule has 0 spiro atoms. The molecule has 2 rings (SSSR count). The van der Waals surface area contributed by atoms with Crippen molar-refractivity contribution in [3.05, 3.63) is 35.7 Å². The summed E-state index contributed by atoms with van der Waals surface area (Å²) in [6, 6.07) is 3.81. The number of hydrogen-bond donors (Lipinski definition) is 2. The predicted molar refractivity (Wildman–Crippen MR) is 91.3 cm³/mol. The van der Waals surface area contributed by atoms with Gasteiger partial charge in [0, 0.05) is 6.42 Å². The summed E-state index contributed by atoms with van der Waals surface area (Å²) in [5, 5.41) is 2.11. The monoisotopic (exact) mass is 431 g/mol. The number of methoxy groups -OCH3 is 1. The molecule has 1 aromatic carbocycles. The summed E-state index contributed by atoms with van der Waals surface area (Å²) < 4.78 is 68.8. The Labute approximate surface area is 158 Å². The molecule has 0 radical (unpaired) electrons. The van der Waals surface area contributed by atoms with Gasteiger partial charge in [-0.3, -0.25) is 5.32 Å². The average molecular weight is 431 g/mol. The number of aromatic nitrogens is 3. The summed E-state index contributed by atoms with van der Waals surface area (Å²) in [7, 11) is -3.14. The van der Waals surface area contributed by atoms with Crippen LogP contribution in [0.4, 0.5) is 23.9 Å². The van der Waals surface area contributed by atoms with Crippen LogP contribution >= 0.6 is 0 Å². The molecular weight excluding hydrogens is 415 g/mol. The molecule has 152 valence electrons. The first-order valence-electron chi connectivity index (χ1n) is 7.75. The normalized spacial score (nSPS) is 11.8. The van der Waals surface area contributed by atoms with Crippen LogP contribution in [-0.4, -0.2) is 42.7 Å². The van der Waals surface area contributed by atoms with E-state index in [1.54, 1.807) is 4.72 Å². The number of sulfonamides is 1. The van der Waals surface area contributed by atoms with E-state index >= 15 is 0 Å². The van der Waals surface area contributed by atoms with Crippen LogP contribution in [0, 0.1) is 6.92 Å². The molecule has 9 nitrogen and oxygen atoms in total. The Morgan fingerprint density at radius 2 is 1.89 bits per heavy atom. The molecule has 0 fully saturated rings. The lowest BCUT2D eigenvalue weighted by Crippen LogP contribution is -2.35. The van der Waals surface area contributed by atoms with Crippen LogP contribution in [0.3, 0.4) is 0 Å².